The molecule has 0 saturated carbocycles. The number of hydrogen-bond acceptors (Lipinski definition) is 3. The van der Waals surface area contributed by atoms with Crippen LogP contribution in [0.4, 0.5) is 4.39 Å². The van der Waals surface area contributed by atoms with Crippen LogP contribution in [0.1, 0.15) is 29.7 Å². The number of nitrogens with one attached hydrogen (secondary N) is 1. The number of carbonyl (C=O) groups is 1. The summed E-state index contributed by atoms with van der Waals surface area (Å²) >= 11 is 0. The number of hydrogen-bond donors (Lipinski definition) is 2. The van der Waals surface area contributed by atoms with E-state index in [1.54, 1.807) is 12.1 Å². The van der Waals surface area contributed by atoms with E-state index in [9.17, 15) is 14.3 Å². The number of rotatable bonds is 4. The van der Waals surface area contributed by atoms with Crippen LogP contribution in [0.15, 0.2) is 54.6 Å². The summed E-state index contributed by atoms with van der Waals surface area (Å²) in [6.07, 6.45) is -0.370. The molecule has 24 heavy (non-hydrogen) atoms. The van der Waals surface area contributed by atoms with Gasteiger partial charge in [-0.05, 0) is 23.3 Å². The van der Waals surface area contributed by atoms with E-state index < -0.39 is 6.10 Å². The first-order valence-electron chi connectivity index (χ1n) is 8.12. The lowest BCUT2D eigenvalue weighted by molar-refractivity contribution is -0.121. The van der Waals surface area contributed by atoms with Crippen LogP contribution in [0.3, 0.4) is 0 Å². The van der Waals surface area contributed by atoms with Crippen molar-refractivity contribution in [3.05, 3.63) is 71.5 Å². The van der Waals surface area contributed by atoms with Gasteiger partial charge in [-0.25, -0.2) is 4.39 Å². The third-order valence-corrected chi connectivity index (χ3v) is 4.39. The fraction of sp³-hybridized carbons (Fsp3) is 0.316. The Morgan fingerprint density at radius 1 is 1.17 bits per heavy atom. The molecule has 2 aromatic rings. The molecule has 1 fully saturated rings. The molecule has 1 aliphatic heterocycles. The molecule has 0 unspecified atom stereocenters. The van der Waals surface area contributed by atoms with Gasteiger partial charge in [-0.15, -0.1) is 0 Å². The van der Waals surface area contributed by atoms with Gasteiger partial charge in [0.15, 0.2) is 0 Å². The maximum atomic E-state index is 13.1. The zero-order chi connectivity index (χ0) is 16.9. The highest BCUT2D eigenvalue weighted by atomic mass is 19.1. The Labute approximate surface area is 140 Å². The number of aliphatic hydroxyl groups is 1. The van der Waals surface area contributed by atoms with Gasteiger partial charge < -0.3 is 10.4 Å². The molecule has 1 saturated heterocycles. The Kier molecular flexibility index (Phi) is 5.23. The van der Waals surface area contributed by atoms with Gasteiger partial charge in [0.25, 0.3) is 0 Å². The molecule has 0 aliphatic carbocycles. The molecule has 1 aliphatic rings. The zero-order valence-electron chi connectivity index (χ0n) is 13.4. The Balaban J connectivity index is 1.79. The highest BCUT2D eigenvalue weighted by molar-refractivity contribution is 5.77. The molecule has 2 atom stereocenters. The van der Waals surface area contributed by atoms with E-state index in [2.05, 4.69) is 10.2 Å². The Bertz CT molecular complexity index is 676. The molecule has 3 rings (SSSR count). The zero-order valence-corrected chi connectivity index (χ0v) is 13.4. The van der Waals surface area contributed by atoms with Gasteiger partial charge in [-0.2, -0.15) is 0 Å². The summed E-state index contributed by atoms with van der Waals surface area (Å²) in [5.74, 6) is -0.305. The first-order chi connectivity index (χ1) is 11.6. The van der Waals surface area contributed by atoms with E-state index in [0.29, 0.717) is 31.6 Å². The fourth-order valence-corrected chi connectivity index (χ4v) is 3.11. The van der Waals surface area contributed by atoms with Crippen molar-refractivity contribution in [3.8, 4) is 0 Å². The third-order valence-electron chi connectivity index (χ3n) is 4.39. The highest BCUT2D eigenvalue weighted by Gasteiger charge is 2.27. The van der Waals surface area contributed by atoms with Gasteiger partial charge in [0, 0.05) is 32.1 Å². The Morgan fingerprint density at radius 3 is 2.58 bits per heavy atom. The molecular weight excluding hydrogens is 307 g/mol. The molecule has 0 radical (unpaired) electrons. The smallest absolute Gasteiger partial charge is 0.221 e. The van der Waals surface area contributed by atoms with E-state index in [1.807, 2.05) is 30.3 Å². The van der Waals surface area contributed by atoms with E-state index >= 15 is 0 Å². The van der Waals surface area contributed by atoms with Crippen LogP contribution in [0.25, 0.3) is 0 Å². The second kappa shape index (κ2) is 7.55. The molecular formula is C19H21FN2O2. The highest BCUT2D eigenvalue weighted by Crippen LogP contribution is 2.28. The number of amides is 1. The normalized spacial score (nSPS) is 20.2. The molecule has 0 bridgehead atoms. The summed E-state index contributed by atoms with van der Waals surface area (Å²) in [6.45, 7) is 1.60. The topological polar surface area (TPSA) is 52.6 Å². The third kappa shape index (κ3) is 3.99. The van der Waals surface area contributed by atoms with Crippen LogP contribution in [0, 0.1) is 5.82 Å². The van der Waals surface area contributed by atoms with Gasteiger partial charge in [-0.3, -0.25) is 9.69 Å². The summed E-state index contributed by atoms with van der Waals surface area (Å²) in [4.78, 5) is 14.1. The van der Waals surface area contributed by atoms with Crippen molar-refractivity contribution < 1.29 is 14.3 Å². The molecule has 1 amide bonds. The molecule has 5 heteroatoms. The van der Waals surface area contributed by atoms with Gasteiger partial charge >= 0.3 is 0 Å². The van der Waals surface area contributed by atoms with Gasteiger partial charge in [0.2, 0.25) is 5.91 Å². The minimum Gasteiger partial charge on any atom is -0.387 e. The maximum absolute atomic E-state index is 13.1. The Hall–Kier alpha value is -2.24. The van der Waals surface area contributed by atoms with Crippen molar-refractivity contribution in [2.75, 3.05) is 19.6 Å². The molecule has 0 aromatic heterocycles. The monoisotopic (exact) mass is 328 g/mol. The van der Waals surface area contributed by atoms with Crippen LogP contribution in [-0.2, 0) is 4.79 Å². The predicted molar refractivity (Wildman–Crippen MR) is 89.7 cm³/mol. The quantitative estimate of drug-likeness (QED) is 0.906. The lowest BCUT2D eigenvalue weighted by atomic mass is 10.0. The SMILES string of the molecule is O=C1C[C@H](c2ccccc2)N(C[C@H](O)c2ccc(F)cc2)CCN1. The van der Waals surface area contributed by atoms with Crippen LogP contribution in [-0.4, -0.2) is 35.5 Å². The van der Waals surface area contributed by atoms with Crippen LogP contribution < -0.4 is 5.32 Å². The second-order valence-corrected chi connectivity index (χ2v) is 6.04. The second-order valence-electron chi connectivity index (χ2n) is 6.04. The molecule has 2 aromatic carbocycles. The lowest BCUT2D eigenvalue weighted by Crippen LogP contribution is -2.34. The summed E-state index contributed by atoms with van der Waals surface area (Å²) in [5.41, 5.74) is 1.73. The minimum absolute atomic E-state index is 0.0163. The van der Waals surface area contributed by atoms with Gasteiger partial charge in [0.1, 0.15) is 5.82 Å². The number of β-amino-alcohol motifs (C(OH)–C–C–N with tert-alkyl or cyclic N) is 1. The summed E-state index contributed by atoms with van der Waals surface area (Å²) < 4.78 is 13.1. The van der Waals surface area contributed by atoms with E-state index in [0.717, 1.165) is 5.56 Å². The standard InChI is InChI=1S/C19H21FN2O2/c20-16-8-6-15(7-9-16)18(23)13-22-11-10-21-19(24)12-17(22)14-4-2-1-3-5-14/h1-9,17-18,23H,10-13H2,(H,21,24)/t17-,18+/m1/s1. The first kappa shape index (κ1) is 16.6. The van der Waals surface area contributed by atoms with Crippen molar-refractivity contribution in [1.29, 1.82) is 0 Å². The number of nitrogens with zero attached hydrogens (tertiary/aromatic N) is 1. The largest absolute Gasteiger partial charge is 0.387 e. The van der Waals surface area contributed by atoms with Crippen LogP contribution >= 0.6 is 0 Å². The van der Waals surface area contributed by atoms with Crippen LogP contribution in [0.5, 0.6) is 0 Å². The summed E-state index contributed by atoms with van der Waals surface area (Å²) in [7, 11) is 0. The number of halogens is 1. The van der Waals surface area contributed by atoms with Gasteiger partial charge in [0.05, 0.1) is 6.10 Å². The molecule has 1 heterocycles. The maximum Gasteiger partial charge on any atom is 0.221 e. The van der Waals surface area contributed by atoms with Crippen molar-refractivity contribution in [3.63, 3.8) is 0 Å². The number of benzene rings is 2. The summed E-state index contributed by atoms with van der Waals surface area (Å²) in [5, 5.41) is 13.4. The molecule has 2 N–H and O–H groups in total. The van der Waals surface area contributed by atoms with Crippen molar-refractivity contribution in [2.45, 2.75) is 18.6 Å². The van der Waals surface area contributed by atoms with E-state index in [1.165, 1.54) is 12.1 Å². The molecule has 0 spiro atoms. The number of carbonyl (C=O) groups excluding carboxylic acids is 1. The van der Waals surface area contributed by atoms with E-state index in [4.69, 9.17) is 0 Å². The fourth-order valence-electron chi connectivity index (χ4n) is 3.11. The predicted octanol–water partition coefficient (Wildman–Crippen LogP) is 2.42. The van der Waals surface area contributed by atoms with Gasteiger partial charge in [-0.1, -0.05) is 42.5 Å². The molecule has 4 nitrogen and oxygen atoms in total. The van der Waals surface area contributed by atoms with Crippen molar-refractivity contribution >= 4 is 5.91 Å². The lowest BCUT2D eigenvalue weighted by Gasteiger charge is -2.31. The Morgan fingerprint density at radius 2 is 1.88 bits per heavy atom. The molecule has 126 valence electrons. The minimum atomic E-state index is -0.731. The van der Waals surface area contributed by atoms with E-state index in [-0.39, 0.29) is 17.8 Å². The van der Waals surface area contributed by atoms with Crippen molar-refractivity contribution in [2.24, 2.45) is 0 Å². The average molecular weight is 328 g/mol. The van der Waals surface area contributed by atoms with Crippen LogP contribution in [0.2, 0.25) is 0 Å². The van der Waals surface area contributed by atoms with Crippen molar-refractivity contribution in [1.82, 2.24) is 10.2 Å². The number of aliphatic hydroxyl groups excluding tert-OH is 1. The first-order valence-corrected chi connectivity index (χ1v) is 8.12. The summed E-state index contributed by atoms with van der Waals surface area (Å²) in [6, 6.07) is 15.7. The average Bonchev–Trinajstić information content (AvgIpc) is 2.78.